The topological polar surface area (TPSA) is 58.5 Å². The quantitative estimate of drug-likeness (QED) is 0.707. The number of sulfonamides is 1. The fraction of sp³-hybridized carbons (Fsp3) is 0.136. The van der Waals surface area contributed by atoms with Gasteiger partial charge in [0.15, 0.2) is 0 Å². The molecule has 0 atom stereocenters. The van der Waals surface area contributed by atoms with Crippen molar-refractivity contribution in [1.82, 2.24) is 4.83 Å². The van der Waals surface area contributed by atoms with Gasteiger partial charge in [-0.1, -0.05) is 66.2 Å². The van der Waals surface area contributed by atoms with Crippen LogP contribution in [0.4, 0.5) is 0 Å². The van der Waals surface area contributed by atoms with Crippen LogP contribution >= 0.6 is 0 Å². The van der Waals surface area contributed by atoms with E-state index in [0.29, 0.717) is 5.71 Å². The molecule has 0 bridgehead atoms. The van der Waals surface area contributed by atoms with E-state index in [9.17, 15) is 8.42 Å². The summed E-state index contributed by atoms with van der Waals surface area (Å²) < 4.78 is 25.4. The third-order valence-corrected chi connectivity index (χ3v) is 6.04. The summed E-state index contributed by atoms with van der Waals surface area (Å²) in [5.41, 5.74) is 5.94. The maximum absolute atomic E-state index is 12.7. The molecule has 4 nitrogen and oxygen atoms in total. The van der Waals surface area contributed by atoms with Crippen molar-refractivity contribution in [1.29, 1.82) is 0 Å². The predicted octanol–water partition coefficient (Wildman–Crippen LogP) is 3.82. The maximum Gasteiger partial charge on any atom is 0.276 e. The molecule has 0 fully saturated rings. The number of hydrogen-bond acceptors (Lipinski definition) is 3. The Morgan fingerprint density at radius 2 is 1.30 bits per heavy atom. The number of hydrazone groups is 1. The first kappa shape index (κ1) is 17.5. The van der Waals surface area contributed by atoms with Gasteiger partial charge >= 0.3 is 0 Å². The lowest BCUT2D eigenvalue weighted by Gasteiger charge is -2.11. The standard InChI is InChI=1S/C22H20N2O2S/c1-16-10-14-19(15-11-16)27(25,26)24-23-22-20-8-4-2-6-17(20)12-13-18-7-3-5-9-21(18)22/h2-11,14-15,24H,12-13H2,1H3. The van der Waals surface area contributed by atoms with Crippen LogP contribution in [0.3, 0.4) is 0 Å². The van der Waals surface area contributed by atoms with Gasteiger partial charge in [0.05, 0.1) is 10.6 Å². The van der Waals surface area contributed by atoms with Crippen molar-refractivity contribution in [2.45, 2.75) is 24.7 Å². The van der Waals surface area contributed by atoms with E-state index in [4.69, 9.17) is 0 Å². The van der Waals surface area contributed by atoms with Crippen LogP contribution in [0.2, 0.25) is 0 Å². The van der Waals surface area contributed by atoms with Crippen LogP contribution in [0.15, 0.2) is 82.8 Å². The average molecular weight is 376 g/mol. The lowest BCUT2D eigenvalue weighted by atomic mass is 9.98. The minimum atomic E-state index is -3.73. The van der Waals surface area contributed by atoms with Crippen LogP contribution in [0.1, 0.15) is 27.8 Å². The van der Waals surface area contributed by atoms with Crippen molar-refractivity contribution in [3.63, 3.8) is 0 Å². The second kappa shape index (κ2) is 7.00. The zero-order chi connectivity index (χ0) is 18.9. The van der Waals surface area contributed by atoms with Crippen molar-refractivity contribution in [3.05, 3.63) is 101 Å². The molecule has 4 rings (SSSR count). The number of fused-ring (bicyclic) bond motifs is 2. The van der Waals surface area contributed by atoms with E-state index >= 15 is 0 Å². The molecule has 0 spiro atoms. The van der Waals surface area contributed by atoms with Crippen LogP contribution in [-0.4, -0.2) is 14.1 Å². The zero-order valence-electron chi connectivity index (χ0n) is 15.0. The molecule has 1 aliphatic rings. The highest BCUT2D eigenvalue weighted by Crippen LogP contribution is 2.25. The predicted molar refractivity (Wildman–Crippen MR) is 107 cm³/mol. The molecule has 0 aromatic heterocycles. The summed E-state index contributed by atoms with van der Waals surface area (Å²) in [5.74, 6) is 0. The zero-order valence-corrected chi connectivity index (χ0v) is 15.8. The molecular formula is C22H20N2O2S. The summed E-state index contributed by atoms with van der Waals surface area (Å²) in [4.78, 5) is 2.64. The summed E-state index contributed by atoms with van der Waals surface area (Å²) in [6, 6.07) is 22.8. The monoisotopic (exact) mass is 376 g/mol. The van der Waals surface area contributed by atoms with Gasteiger partial charge < -0.3 is 0 Å². The van der Waals surface area contributed by atoms with Crippen molar-refractivity contribution >= 4 is 15.7 Å². The molecule has 3 aromatic rings. The van der Waals surface area contributed by atoms with Crippen molar-refractivity contribution < 1.29 is 8.42 Å². The summed E-state index contributed by atoms with van der Waals surface area (Å²) in [5, 5.41) is 4.38. The third kappa shape index (κ3) is 3.51. The van der Waals surface area contributed by atoms with Gasteiger partial charge in [0, 0.05) is 11.1 Å². The van der Waals surface area contributed by atoms with Gasteiger partial charge in [-0.05, 0) is 43.0 Å². The fourth-order valence-electron chi connectivity index (χ4n) is 3.35. The Balaban J connectivity index is 1.79. The Kier molecular flexibility index (Phi) is 4.54. The highest BCUT2D eigenvalue weighted by molar-refractivity contribution is 7.89. The molecule has 3 aromatic carbocycles. The maximum atomic E-state index is 12.7. The second-order valence-corrected chi connectivity index (χ2v) is 8.34. The van der Waals surface area contributed by atoms with E-state index in [1.807, 2.05) is 43.3 Å². The normalized spacial score (nSPS) is 13.3. The highest BCUT2D eigenvalue weighted by atomic mass is 32.2. The minimum absolute atomic E-state index is 0.202. The molecule has 5 heteroatoms. The van der Waals surface area contributed by atoms with Crippen LogP contribution in [-0.2, 0) is 22.9 Å². The Bertz CT molecular complexity index is 1070. The average Bonchev–Trinajstić information content (AvgIpc) is 2.84. The van der Waals surface area contributed by atoms with Crippen molar-refractivity contribution in [2.75, 3.05) is 0 Å². The van der Waals surface area contributed by atoms with Crippen LogP contribution in [0.25, 0.3) is 0 Å². The lowest BCUT2D eigenvalue weighted by Crippen LogP contribution is -2.21. The molecule has 0 saturated heterocycles. The molecule has 0 radical (unpaired) electrons. The fourth-order valence-corrected chi connectivity index (χ4v) is 4.16. The van der Waals surface area contributed by atoms with Gasteiger partial charge in [-0.25, -0.2) is 0 Å². The highest BCUT2D eigenvalue weighted by Gasteiger charge is 2.20. The van der Waals surface area contributed by atoms with Crippen molar-refractivity contribution in [2.24, 2.45) is 5.10 Å². The first-order valence-electron chi connectivity index (χ1n) is 8.87. The molecule has 27 heavy (non-hydrogen) atoms. The van der Waals surface area contributed by atoms with E-state index in [0.717, 1.165) is 29.5 Å². The molecule has 0 saturated carbocycles. The smallest absolute Gasteiger partial charge is 0.200 e. The van der Waals surface area contributed by atoms with Crippen LogP contribution in [0.5, 0.6) is 0 Å². The number of hydrogen-bond donors (Lipinski definition) is 1. The molecule has 136 valence electrons. The number of nitrogens with one attached hydrogen (secondary N) is 1. The largest absolute Gasteiger partial charge is 0.276 e. The third-order valence-electron chi connectivity index (χ3n) is 4.82. The van der Waals surface area contributed by atoms with Gasteiger partial charge in [0.1, 0.15) is 0 Å². The minimum Gasteiger partial charge on any atom is -0.200 e. The summed E-state index contributed by atoms with van der Waals surface area (Å²) in [7, 11) is -3.73. The van der Waals surface area contributed by atoms with Gasteiger partial charge in [-0.2, -0.15) is 18.4 Å². The lowest BCUT2D eigenvalue weighted by molar-refractivity contribution is 0.584. The van der Waals surface area contributed by atoms with Gasteiger partial charge in [0.25, 0.3) is 10.0 Å². The molecule has 0 unspecified atom stereocenters. The molecule has 1 N–H and O–H groups in total. The molecule has 0 aliphatic heterocycles. The van der Waals surface area contributed by atoms with E-state index in [2.05, 4.69) is 22.1 Å². The van der Waals surface area contributed by atoms with E-state index in [-0.39, 0.29) is 4.90 Å². The SMILES string of the molecule is Cc1ccc(S(=O)(=O)NN=C2c3ccccc3CCc3ccccc32)cc1. The van der Waals surface area contributed by atoms with Crippen LogP contribution < -0.4 is 4.83 Å². The summed E-state index contributed by atoms with van der Waals surface area (Å²) >= 11 is 0. The Morgan fingerprint density at radius 1 is 0.778 bits per heavy atom. The number of rotatable bonds is 3. The number of aryl methyl sites for hydroxylation is 3. The summed E-state index contributed by atoms with van der Waals surface area (Å²) in [6.07, 6.45) is 1.80. The Morgan fingerprint density at radius 3 is 1.85 bits per heavy atom. The van der Waals surface area contributed by atoms with Gasteiger partial charge in [-0.15, -0.1) is 0 Å². The van der Waals surface area contributed by atoms with Crippen molar-refractivity contribution in [3.8, 4) is 0 Å². The Hall–Kier alpha value is -2.92. The van der Waals surface area contributed by atoms with Gasteiger partial charge in [0.2, 0.25) is 0 Å². The number of benzene rings is 3. The number of nitrogens with zero attached hydrogens (tertiary/aromatic N) is 1. The first-order valence-corrected chi connectivity index (χ1v) is 10.4. The van der Waals surface area contributed by atoms with Gasteiger partial charge in [-0.3, -0.25) is 0 Å². The first-order chi connectivity index (χ1) is 13.0. The summed E-state index contributed by atoms with van der Waals surface area (Å²) in [6.45, 7) is 1.92. The second-order valence-electron chi connectivity index (χ2n) is 6.68. The molecule has 0 heterocycles. The molecular weight excluding hydrogens is 356 g/mol. The van der Waals surface area contributed by atoms with E-state index < -0.39 is 10.0 Å². The Labute approximate surface area is 159 Å². The van der Waals surface area contributed by atoms with Crippen LogP contribution in [0, 0.1) is 6.92 Å². The molecule has 1 aliphatic carbocycles. The van der Waals surface area contributed by atoms with E-state index in [1.165, 1.54) is 11.1 Å². The molecule has 0 amide bonds. The van der Waals surface area contributed by atoms with E-state index in [1.54, 1.807) is 24.3 Å².